The number of nitrogens with one attached hydrogen (secondary N) is 1. The highest BCUT2D eigenvalue weighted by atomic mass is 35.5. The number of halogens is 1. The lowest BCUT2D eigenvalue weighted by atomic mass is 10.0. The molecule has 1 N–H and O–H groups in total. The second kappa shape index (κ2) is 5.89. The van der Waals surface area contributed by atoms with E-state index in [-0.39, 0.29) is 6.04 Å². The fourth-order valence-corrected chi connectivity index (χ4v) is 2.12. The van der Waals surface area contributed by atoms with Crippen LogP contribution in [0.2, 0.25) is 5.02 Å². The molecule has 0 bridgehead atoms. The van der Waals surface area contributed by atoms with E-state index in [2.05, 4.69) is 18.3 Å². The number of rotatable bonds is 5. The van der Waals surface area contributed by atoms with E-state index < -0.39 is 0 Å². The van der Waals surface area contributed by atoms with Crippen LogP contribution in [0.1, 0.15) is 24.3 Å². The largest absolute Gasteiger partial charge is 0.468 e. The second-order valence-corrected chi connectivity index (χ2v) is 4.40. The van der Waals surface area contributed by atoms with Crippen LogP contribution in [0.15, 0.2) is 47.1 Å². The van der Waals surface area contributed by atoms with Crippen molar-refractivity contribution in [3.8, 4) is 0 Å². The number of benzene rings is 1. The van der Waals surface area contributed by atoms with Gasteiger partial charge in [-0.3, -0.25) is 0 Å². The van der Waals surface area contributed by atoms with E-state index in [0.29, 0.717) is 0 Å². The summed E-state index contributed by atoms with van der Waals surface area (Å²) in [5.41, 5.74) is 1.21. The van der Waals surface area contributed by atoms with Gasteiger partial charge in [-0.15, -0.1) is 0 Å². The van der Waals surface area contributed by atoms with Crippen LogP contribution in [-0.4, -0.2) is 6.54 Å². The first-order valence-corrected chi connectivity index (χ1v) is 6.18. The van der Waals surface area contributed by atoms with Crippen LogP contribution >= 0.6 is 11.6 Å². The van der Waals surface area contributed by atoms with Crippen LogP contribution in [0, 0.1) is 0 Å². The Bertz CT molecular complexity index is 453. The van der Waals surface area contributed by atoms with Gasteiger partial charge in [0, 0.05) is 5.02 Å². The first-order chi connectivity index (χ1) is 8.29. The van der Waals surface area contributed by atoms with Crippen molar-refractivity contribution in [2.75, 3.05) is 6.54 Å². The van der Waals surface area contributed by atoms with Crippen LogP contribution in [-0.2, 0) is 6.42 Å². The second-order valence-electron chi connectivity index (χ2n) is 3.96. The molecule has 17 heavy (non-hydrogen) atoms. The van der Waals surface area contributed by atoms with E-state index in [1.54, 1.807) is 6.26 Å². The number of furan rings is 1. The summed E-state index contributed by atoms with van der Waals surface area (Å²) in [7, 11) is 0. The average molecular weight is 250 g/mol. The number of hydrogen-bond donors (Lipinski definition) is 1. The van der Waals surface area contributed by atoms with Gasteiger partial charge in [0.25, 0.3) is 0 Å². The smallest absolute Gasteiger partial charge is 0.121 e. The highest BCUT2D eigenvalue weighted by molar-refractivity contribution is 6.30. The summed E-state index contributed by atoms with van der Waals surface area (Å²) in [6, 6.07) is 12.1. The van der Waals surface area contributed by atoms with Gasteiger partial charge in [0.15, 0.2) is 0 Å². The Morgan fingerprint density at radius 2 is 2.18 bits per heavy atom. The van der Waals surface area contributed by atoms with E-state index in [0.717, 1.165) is 23.7 Å². The Morgan fingerprint density at radius 3 is 2.82 bits per heavy atom. The molecule has 2 aromatic rings. The van der Waals surface area contributed by atoms with E-state index >= 15 is 0 Å². The van der Waals surface area contributed by atoms with Crippen molar-refractivity contribution in [3.63, 3.8) is 0 Å². The third-order valence-electron chi connectivity index (χ3n) is 2.67. The fourth-order valence-electron chi connectivity index (χ4n) is 1.91. The van der Waals surface area contributed by atoms with Gasteiger partial charge in [-0.25, -0.2) is 0 Å². The first-order valence-electron chi connectivity index (χ1n) is 5.81. The van der Waals surface area contributed by atoms with E-state index in [1.807, 2.05) is 30.3 Å². The molecule has 0 aliphatic heterocycles. The van der Waals surface area contributed by atoms with Crippen molar-refractivity contribution in [2.45, 2.75) is 19.4 Å². The maximum absolute atomic E-state index is 5.99. The molecule has 2 nitrogen and oxygen atoms in total. The van der Waals surface area contributed by atoms with Crippen LogP contribution in [0.25, 0.3) is 0 Å². The molecule has 0 aliphatic carbocycles. The highest BCUT2D eigenvalue weighted by Crippen LogP contribution is 2.20. The topological polar surface area (TPSA) is 25.2 Å². The maximum atomic E-state index is 5.99. The molecular formula is C14H16ClNO. The van der Waals surface area contributed by atoms with E-state index in [1.165, 1.54) is 5.56 Å². The Morgan fingerprint density at radius 1 is 1.29 bits per heavy atom. The molecule has 0 fully saturated rings. The van der Waals surface area contributed by atoms with Gasteiger partial charge < -0.3 is 9.73 Å². The van der Waals surface area contributed by atoms with Gasteiger partial charge in [-0.05, 0) is 42.8 Å². The molecule has 1 aromatic carbocycles. The summed E-state index contributed by atoms with van der Waals surface area (Å²) in [5, 5.41) is 4.19. The Hall–Kier alpha value is -1.25. The monoisotopic (exact) mass is 249 g/mol. The molecule has 1 aromatic heterocycles. The third-order valence-corrected chi connectivity index (χ3v) is 2.90. The lowest BCUT2D eigenvalue weighted by molar-refractivity contribution is 0.416. The van der Waals surface area contributed by atoms with Crippen LogP contribution < -0.4 is 5.32 Å². The van der Waals surface area contributed by atoms with E-state index in [9.17, 15) is 0 Å². The summed E-state index contributed by atoms with van der Waals surface area (Å²) in [6.07, 6.45) is 2.58. The molecule has 1 heterocycles. The summed E-state index contributed by atoms with van der Waals surface area (Å²) in [6.45, 7) is 3.00. The third kappa shape index (κ3) is 3.35. The highest BCUT2D eigenvalue weighted by Gasteiger charge is 2.13. The molecule has 0 radical (unpaired) electrons. The molecule has 0 amide bonds. The molecule has 0 aliphatic rings. The van der Waals surface area contributed by atoms with Gasteiger partial charge in [-0.2, -0.15) is 0 Å². The van der Waals surface area contributed by atoms with Crippen LogP contribution in [0.4, 0.5) is 0 Å². The SMILES string of the molecule is CCN[C@H](Cc1cccc(Cl)c1)c1ccco1. The average Bonchev–Trinajstić information content (AvgIpc) is 2.82. The van der Waals surface area contributed by atoms with Crippen molar-refractivity contribution >= 4 is 11.6 Å². The number of hydrogen-bond acceptors (Lipinski definition) is 2. The summed E-state index contributed by atoms with van der Waals surface area (Å²) in [4.78, 5) is 0. The molecule has 90 valence electrons. The molecule has 3 heteroatoms. The predicted octanol–water partition coefficient (Wildman–Crippen LogP) is 3.83. The molecule has 2 rings (SSSR count). The van der Waals surface area contributed by atoms with Crippen molar-refractivity contribution in [2.24, 2.45) is 0 Å². The lowest BCUT2D eigenvalue weighted by Gasteiger charge is -2.15. The lowest BCUT2D eigenvalue weighted by Crippen LogP contribution is -2.22. The summed E-state index contributed by atoms with van der Waals surface area (Å²) < 4.78 is 5.46. The van der Waals surface area contributed by atoms with Crippen molar-refractivity contribution in [3.05, 3.63) is 59.0 Å². The minimum absolute atomic E-state index is 0.202. The normalized spacial score (nSPS) is 12.6. The molecule has 1 atom stereocenters. The minimum atomic E-state index is 0.202. The zero-order valence-electron chi connectivity index (χ0n) is 9.82. The maximum Gasteiger partial charge on any atom is 0.121 e. The standard InChI is InChI=1S/C14H16ClNO/c1-2-16-13(14-7-4-8-17-14)10-11-5-3-6-12(15)9-11/h3-9,13,16H,2,10H2,1H3/t13-/m1/s1. The Labute approximate surface area is 107 Å². The quantitative estimate of drug-likeness (QED) is 0.871. The van der Waals surface area contributed by atoms with Crippen LogP contribution in [0.5, 0.6) is 0 Å². The number of likely N-dealkylation sites (N-methyl/N-ethyl adjacent to an activating group) is 1. The van der Waals surface area contributed by atoms with Gasteiger partial charge in [0.2, 0.25) is 0 Å². The van der Waals surface area contributed by atoms with Gasteiger partial charge in [-0.1, -0.05) is 30.7 Å². The van der Waals surface area contributed by atoms with Gasteiger partial charge in [0.05, 0.1) is 12.3 Å². The minimum Gasteiger partial charge on any atom is -0.468 e. The summed E-state index contributed by atoms with van der Waals surface area (Å²) in [5.74, 6) is 0.965. The molecule has 0 spiro atoms. The zero-order chi connectivity index (χ0) is 12.1. The van der Waals surface area contributed by atoms with Crippen LogP contribution in [0.3, 0.4) is 0 Å². The molecule has 0 unspecified atom stereocenters. The predicted molar refractivity (Wildman–Crippen MR) is 70.3 cm³/mol. The van der Waals surface area contributed by atoms with Crippen molar-refractivity contribution in [1.29, 1.82) is 0 Å². The fraction of sp³-hybridized carbons (Fsp3) is 0.286. The van der Waals surface area contributed by atoms with Gasteiger partial charge >= 0.3 is 0 Å². The zero-order valence-corrected chi connectivity index (χ0v) is 10.6. The molecule has 0 saturated heterocycles. The van der Waals surface area contributed by atoms with E-state index in [4.69, 9.17) is 16.0 Å². The Kier molecular flexibility index (Phi) is 4.24. The molecule has 0 saturated carbocycles. The van der Waals surface area contributed by atoms with Crippen molar-refractivity contribution < 1.29 is 4.42 Å². The summed E-state index contributed by atoms with van der Waals surface area (Å²) >= 11 is 5.99. The first kappa shape index (κ1) is 12.2. The molecular weight excluding hydrogens is 234 g/mol. The van der Waals surface area contributed by atoms with Crippen molar-refractivity contribution in [1.82, 2.24) is 5.32 Å². The van der Waals surface area contributed by atoms with Gasteiger partial charge in [0.1, 0.15) is 5.76 Å². The Balaban J connectivity index is 2.13.